The third-order valence-corrected chi connectivity index (χ3v) is 2.53. The average Bonchev–Trinajstić information content (AvgIpc) is 2.84. The van der Waals surface area contributed by atoms with Gasteiger partial charge in [0.05, 0.1) is 11.5 Å². The van der Waals surface area contributed by atoms with Crippen molar-refractivity contribution in [1.82, 2.24) is 0 Å². The zero-order valence-electron chi connectivity index (χ0n) is 7.17. The van der Waals surface area contributed by atoms with Crippen molar-refractivity contribution in [2.75, 3.05) is 0 Å². The van der Waals surface area contributed by atoms with Gasteiger partial charge in [-0.2, -0.15) is 5.26 Å². The van der Waals surface area contributed by atoms with Crippen LogP contribution in [0.3, 0.4) is 0 Å². The van der Waals surface area contributed by atoms with Gasteiger partial charge in [0.2, 0.25) is 0 Å². The highest BCUT2D eigenvalue weighted by atomic mass is 14.5. The molecular formula is C11H11N. The minimum Gasteiger partial charge on any atom is -0.197 e. The Morgan fingerprint density at radius 3 is 2.67 bits per heavy atom. The third kappa shape index (κ3) is 1.00. The van der Waals surface area contributed by atoms with Crippen molar-refractivity contribution in [3.63, 3.8) is 0 Å². The van der Waals surface area contributed by atoms with Crippen LogP contribution < -0.4 is 0 Å². The van der Waals surface area contributed by atoms with E-state index in [0.717, 1.165) is 12.8 Å². The Labute approximate surface area is 72.6 Å². The summed E-state index contributed by atoms with van der Waals surface area (Å²) in [6.07, 6.45) is 2.07. The van der Waals surface area contributed by atoms with E-state index >= 15 is 0 Å². The summed E-state index contributed by atoms with van der Waals surface area (Å²) >= 11 is 0. The summed E-state index contributed by atoms with van der Waals surface area (Å²) in [6.45, 7) is 2.07. The molecule has 1 fully saturated rings. The van der Waals surface area contributed by atoms with Crippen LogP contribution in [0.25, 0.3) is 0 Å². The van der Waals surface area contributed by atoms with Gasteiger partial charge in [-0.25, -0.2) is 0 Å². The standard InChI is InChI=1S/C11H11N/c1-9-3-2-4-10(7-9)11(8-12)5-6-11/h2-4,7H,5-6H2,1H3. The molecule has 1 aliphatic carbocycles. The maximum atomic E-state index is 8.95. The molecule has 0 spiro atoms. The van der Waals surface area contributed by atoms with Gasteiger partial charge in [0.1, 0.15) is 0 Å². The molecule has 0 atom stereocenters. The van der Waals surface area contributed by atoms with Gasteiger partial charge in [-0.1, -0.05) is 29.8 Å². The second kappa shape index (κ2) is 2.35. The summed E-state index contributed by atoms with van der Waals surface area (Å²) in [6, 6.07) is 10.7. The largest absolute Gasteiger partial charge is 0.197 e. The Balaban J connectivity index is 2.42. The van der Waals surface area contributed by atoms with Crippen molar-refractivity contribution >= 4 is 0 Å². The van der Waals surface area contributed by atoms with E-state index in [1.807, 2.05) is 6.07 Å². The van der Waals surface area contributed by atoms with Crippen LogP contribution >= 0.6 is 0 Å². The molecule has 0 aromatic heterocycles. The first-order valence-corrected chi connectivity index (χ1v) is 4.25. The molecule has 12 heavy (non-hydrogen) atoms. The first kappa shape index (κ1) is 7.36. The Kier molecular flexibility index (Phi) is 1.44. The smallest absolute Gasteiger partial charge is 0.0823 e. The highest BCUT2D eigenvalue weighted by Crippen LogP contribution is 2.47. The van der Waals surface area contributed by atoms with E-state index < -0.39 is 0 Å². The molecule has 0 N–H and O–H groups in total. The maximum Gasteiger partial charge on any atom is 0.0823 e. The van der Waals surface area contributed by atoms with Crippen molar-refractivity contribution in [3.05, 3.63) is 35.4 Å². The lowest BCUT2D eigenvalue weighted by Gasteiger charge is -2.05. The zero-order valence-corrected chi connectivity index (χ0v) is 7.17. The predicted octanol–water partition coefficient (Wildman–Crippen LogP) is 2.55. The highest BCUT2D eigenvalue weighted by molar-refractivity contribution is 5.40. The molecule has 1 nitrogen and oxygen atoms in total. The van der Waals surface area contributed by atoms with Gasteiger partial charge in [-0.05, 0) is 25.3 Å². The minimum atomic E-state index is -0.119. The van der Waals surface area contributed by atoms with E-state index in [1.54, 1.807) is 0 Å². The molecule has 1 heteroatoms. The minimum absolute atomic E-state index is 0.119. The highest BCUT2D eigenvalue weighted by Gasteiger charge is 2.44. The molecule has 0 aliphatic heterocycles. The quantitative estimate of drug-likeness (QED) is 0.614. The molecule has 0 bridgehead atoms. The third-order valence-electron chi connectivity index (χ3n) is 2.53. The normalized spacial score (nSPS) is 18.3. The van der Waals surface area contributed by atoms with Crippen LogP contribution in [0.1, 0.15) is 24.0 Å². The molecule has 60 valence electrons. The number of benzene rings is 1. The second-order valence-corrected chi connectivity index (χ2v) is 3.56. The van der Waals surface area contributed by atoms with E-state index in [2.05, 4.69) is 31.2 Å². The van der Waals surface area contributed by atoms with E-state index in [-0.39, 0.29) is 5.41 Å². The molecule has 0 radical (unpaired) electrons. The number of aryl methyl sites for hydroxylation is 1. The fraction of sp³-hybridized carbons (Fsp3) is 0.364. The van der Waals surface area contributed by atoms with E-state index in [0.29, 0.717) is 0 Å². The Morgan fingerprint density at radius 2 is 2.17 bits per heavy atom. The van der Waals surface area contributed by atoms with Crippen LogP contribution in [0.5, 0.6) is 0 Å². The molecule has 1 aromatic carbocycles. The van der Waals surface area contributed by atoms with Crippen molar-refractivity contribution in [1.29, 1.82) is 5.26 Å². The van der Waals surface area contributed by atoms with Crippen LogP contribution in [0.4, 0.5) is 0 Å². The molecule has 0 heterocycles. The van der Waals surface area contributed by atoms with E-state index in [1.165, 1.54) is 11.1 Å². The number of rotatable bonds is 1. The van der Waals surface area contributed by atoms with Crippen LogP contribution in [-0.4, -0.2) is 0 Å². The first-order chi connectivity index (χ1) is 5.77. The lowest BCUT2D eigenvalue weighted by atomic mass is 9.96. The molecular weight excluding hydrogens is 146 g/mol. The van der Waals surface area contributed by atoms with Crippen molar-refractivity contribution in [2.24, 2.45) is 0 Å². The molecule has 1 saturated carbocycles. The fourth-order valence-electron chi connectivity index (χ4n) is 1.53. The second-order valence-electron chi connectivity index (χ2n) is 3.56. The van der Waals surface area contributed by atoms with Gasteiger partial charge in [0.25, 0.3) is 0 Å². The molecule has 0 amide bonds. The van der Waals surface area contributed by atoms with Crippen LogP contribution in [-0.2, 0) is 5.41 Å². The summed E-state index contributed by atoms with van der Waals surface area (Å²) in [4.78, 5) is 0. The molecule has 0 unspecified atom stereocenters. The molecule has 2 rings (SSSR count). The van der Waals surface area contributed by atoms with Gasteiger partial charge >= 0.3 is 0 Å². The Hall–Kier alpha value is -1.29. The summed E-state index contributed by atoms with van der Waals surface area (Å²) in [5, 5.41) is 8.95. The number of nitrogens with zero attached hydrogens (tertiary/aromatic N) is 1. The predicted molar refractivity (Wildman–Crippen MR) is 47.7 cm³/mol. The molecule has 1 aliphatic rings. The van der Waals surface area contributed by atoms with Gasteiger partial charge in [-0.15, -0.1) is 0 Å². The van der Waals surface area contributed by atoms with Gasteiger partial charge < -0.3 is 0 Å². The summed E-state index contributed by atoms with van der Waals surface area (Å²) in [7, 11) is 0. The SMILES string of the molecule is Cc1cccc(C2(C#N)CC2)c1. The van der Waals surface area contributed by atoms with Gasteiger partial charge in [0.15, 0.2) is 0 Å². The van der Waals surface area contributed by atoms with Crippen LogP contribution in [0, 0.1) is 18.3 Å². The Morgan fingerprint density at radius 1 is 1.42 bits per heavy atom. The first-order valence-electron chi connectivity index (χ1n) is 4.25. The van der Waals surface area contributed by atoms with Gasteiger partial charge in [-0.3, -0.25) is 0 Å². The zero-order chi connectivity index (χ0) is 8.60. The summed E-state index contributed by atoms with van der Waals surface area (Å²) in [5.41, 5.74) is 2.32. The topological polar surface area (TPSA) is 23.8 Å². The molecule has 1 aromatic rings. The maximum absolute atomic E-state index is 8.95. The fourth-order valence-corrected chi connectivity index (χ4v) is 1.53. The summed E-state index contributed by atoms with van der Waals surface area (Å²) < 4.78 is 0. The van der Waals surface area contributed by atoms with Crippen LogP contribution in [0.2, 0.25) is 0 Å². The van der Waals surface area contributed by atoms with E-state index in [4.69, 9.17) is 5.26 Å². The summed E-state index contributed by atoms with van der Waals surface area (Å²) in [5.74, 6) is 0. The van der Waals surface area contributed by atoms with Crippen LogP contribution in [0.15, 0.2) is 24.3 Å². The lowest BCUT2D eigenvalue weighted by molar-refractivity contribution is 0.906. The lowest BCUT2D eigenvalue weighted by Crippen LogP contribution is -2.01. The van der Waals surface area contributed by atoms with Gasteiger partial charge in [0, 0.05) is 0 Å². The Bertz CT molecular complexity index is 342. The van der Waals surface area contributed by atoms with Crippen molar-refractivity contribution in [3.8, 4) is 6.07 Å². The monoisotopic (exact) mass is 157 g/mol. The van der Waals surface area contributed by atoms with Crippen molar-refractivity contribution < 1.29 is 0 Å². The van der Waals surface area contributed by atoms with Crippen molar-refractivity contribution in [2.45, 2.75) is 25.2 Å². The number of hydrogen-bond acceptors (Lipinski definition) is 1. The number of hydrogen-bond donors (Lipinski definition) is 0. The number of nitriles is 1. The van der Waals surface area contributed by atoms with E-state index in [9.17, 15) is 0 Å². The average molecular weight is 157 g/mol. The molecule has 0 saturated heterocycles.